The van der Waals surface area contributed by atoms with Gasteiger partial charge < -0.3 is 10.1 Å². The molecule has 0 saturated heterocycles. The van der Waals surface area contributed by atoms with E-state index < -0.39 is 0 Å². The van der Waals surface area contributed by atoms with Gasteiger partial charge >= 0.3 is 0 Å². The highest BCUT2D eigenvalue weighted by atomic mass is 16.5. The highest BCUT2D eigenvalue weighted by Gasteiger charge is 1.99. The first-order valence-electron chi connectivity index (χ1n) is 6.98. The number of hydrogen-bond donors (Lipinski definition) is 1. The summed E-state index contributed by atoms with van der Waals surface area (Å²) in [6.07, 6.45) is 3.06. The molecule has 0 aliphatic heterocycles. The third kappa shape index (κ3) is 6.99. The minimum Gasteiger partial charge on any atom is -0.492 e. The maximum atomic E-state index is 5.77. The predicted molar refractivity (Wildman–Crippen MR) is 81.6 cm³/mol. The summed E-state index contributed by atoms with van der Waals surface area (Å²) in [6.45, 7) is 10.4. The molecule has 3 nitrogen and oxygen atoms in total. The normalized spacial score (nSPS) is 10.7. The molecular weight excluding hydrogens is 236 g/mol. The van der Waals surface area contributed by atoms with E-state index in [0.29, 0.717) is 6.61 Å². The van der Waals surface area contributed by atoms with Crippen molar-refractivity contribution in [3.05, 3.63) is 42.5 Å². The van der Waals surface area contributed by atoms with E-state index in [1.165, 1.54) is 5.56 Å². The van der Waals surface area contributed by atoms with Crippen LogP contribution in [0.4, 0.5) is 0 Å². The third-order valence-electron chi connectivity index (χ3n) is 2.84. The SMILES string of the molecule is C=CCN(C)CCOc1cccc(CNCCC)c1. The predicted octanol–water partition coefficient (Wildman–Crippen LogP) is 2.68. The van der Waals surface area contributed by atoms with Crippen molar-refractivity contribution in [1.82, 2.24) is 10.2 Å². The summed E-state index contributed by atoms with van der Waals surface area (Å²) in [5, 5.41) is 3.39. The van der Waals surface area contributed by atoms with Crippen molar-refractivity contribution in [1.29, 1.82) is 0 Å². The van der Waals surface area contributed by atoms with Crippen LogP contribution >= 0.6 is 0 Å². The topological polar surface area (TPSA) is 24.5 Å². The Bertz CT molecular complexity index is 366. The lowest BCUT2D eigenvalue weighted by Gasteiger charge is -2.15. The van der Waals surface area contributed by atoms with E-state index in [0.717, 1.165) is 38.3 Å². The van der Waals surface area contributed by atoms with Crippen molar-refractivity contribution in [3.63, 3.8) is 0 Å². The van der Waals surface area contributed by atoms with E-state index >= 15 is 0 Å². The fourth-order valence-corrected chi connectivity index (χ4v) is 1.79. The standard InChI is InChI=1S/C16H26N2O/c1-4-9-17-14-15-7-6-8-16(13-15)19-12-11-18(3)10-5-2/h5-8,13,17H,2,4,9-12,14H2,1,3H3. The largest absolute Gasteiger partial charge is 0.492 e. The Labute approximate surface area is 117 Å². The van der Waals surface area contributed by atoms with E-state index in [-0.39, 0.29) is 0 Å². The highest BCUT2D eigenvalue weighted by molar-refractivity contribution is 5.28. The summed E-state index contributed by atoms with van der Waals surface area (Å²) in [5.74, 6) is 0.947. The van der Waals surface area contributed by atoms with Gasteiger partial charge in [-0.1, -0.05) is 25.1 Å². The minimum absolute atomic E-state index is 0.705. The quantitative estimate of drug-likeness (QED) is 0.518. The molecule has 1 rings (SSSR count). The average Bonchev–Trinajstić information content (AvgIpc) is 2.40. The van der Waals surface area contributed by atoms with Crippen LogP contribution in [0.5, 0.6) is 5.75 Å². The van der Waals surface area contributed by atoms with E-state index in [1.807, 2.05) is 18.2 Å². The zero-order chi connectivity index (χ0) is 13.9. The number of hydrogen-bond acceptors (Lipinski definition) is 3. The molecular formula is C16H26N2O. The van der Waals surface area contributed by atoms with Gasteiger partial charge in [0, 0.05) is 19.6 Å². The number of rotatable bonds is 10. The molecule has 106 valence electrons. The van der Waals surface area contributed by atoms with Gasteiger partial charge in [-0.2, -0.15) is 0 Å². The van der Waals surface area contributed by atoms with Gasteiger partial charge in [-0.05, 0) is 37.7 Å². The van der Waals surface area contributed by atoms with Crippen LogP contribution in [0, 0.1) is 0 Å². The summed E-state index contributed by atoms with van der Waals surface area (Å²) in [6, 6.07) is 8.29. The summed E-state index contributed by atoms with van der Waals surface area (Å²) in [7, 11) is 2.07. The highest BCUT2D eigenvalue weighted by Crippen LogP contribution is 2.13. The van der Waals surface area contributed by atoms with Crippen LogP contribution in [0.25, 0.3) is 0 Å². The Kier molecular flexibility index (Phi) is 7.94. The van der Waals surface area contributed by atoms with Crippen LogP contribution in [0.2, 0.25) is 0 Å². The average molecular weight is 262 g/mol. The Morgan fingerprint density at radius 1 is 1.42 bits per heavy atom. The van der Waals surface area contributed by atoms with Gasteiger partial charge in [0.25, 0.3) is 0 Å². The number of nitrogens with zero attached hydrogens (tertiary/aromatic N) is 1. The first-order valence-corrected chi connectivity index (χ1v) is 6.98. The van der Waals surface area contributed by atoms with E-state index in [1.54, 1.807) is 0 Å². The Morgan fingerprint density at radius 3 is 3.00 bits per heavy atom. The van der Waals surface area contributed by atoms with Crippen LogP contribution in [0.1, 0.15) is 18.9 Å². The first-order chi connectivity index (χ1) is 9.26. The summed E-state index contributed by atoms with van der Waals surface area (Å²) < 4.78 is 5.77. The molecule has 0 aromatic heterocycles. The molecule has 3 heteroatoms. The molecule has 0 spiro atoms. The number of ether oxygens (including phenoxy) is 1. The van der Waals surface area contributed by atoms with E-state index in [9.17, 15) is 0 Å². The maximum Gasteiger partial charge on any atom is 0.119 e. The van der Waals surface area contributed by atoms with Crippen molar-refractivity contribution in [2.75, 3.05) is 33.3 Å². The smallest absolute Gasteiger partial charge is 0.119 e. The Balaban J connectivity index is 2.33. The van der Waals surface area contributed by atoms with Gasteiger partial charge in [-0.25, -0.2) is 0 Å². The molecule has 0 fully saturated rings. The Hall–Kier alpha value is -1.32. The van der Waals surface area contributed by atoms with Gasteiger partial charge in [0.1, 0.15) is 12.4 Å². The molecule has 0 atom stereocenters. The second-order valence-electron chi connectivity index (χ2n) is 4.72. The van der Waals surface area contributed by atoms with Crippen LogP contribution in [-0.4, -0.2) is 38.2 Å². The molecule has 1 aromatic rings. The zero-order valence-corrected chi connectivity index (χ0v) is 12.2. The van der Waals surface area contributed by atoms with Gasteiger partial charge in [-0.3, -0.25) is 4.90 Å². The van der Waals surface area contributed by atoms with Crippen LogP contribution in [0.3, 0.4) is 0 Å². The number of nitrogens with one attached hydrogen (secondary N) is 1. The fourth-order valence-electron chi connectivity index (χ4n) is 1.79. The lowest BCUT2D eigenvalue weighted by molar-refractivity contribution is 0.249. The van der Waals surface area contributed by atoms with E-state index in [2.05, 4.69) is 42.9 Å². The summed E-state index contributed by atoms with van der Waals surface area (Å²) in [5.41, 5.74) is 1.27. The van der Waals surface area contributed by atoms with Crippen molar-refractivity contribution in [2.45, 2.75) is 19.9 Å². The van der Waals surface area contributed by atoms with Crippen molar-refractivity contribution in [2.24, 2.45) is 0 Å². The molecule has 0 aliphatic carbocycles. The van der Waals surface area contributed by atoms with Crippen LogP contribution in [-0.2, 0) is 6.54 Å². The van der Waals surface area contributed by atoms with Gasteiger partial charge in [0.2, 0.25) is 0 Å². The molecule has 1 aromatic carbocycles. The molecule has 0 radical (unpaired) electrons. The maximum absolute atomic E-state index is 5.77. The lowest BCUT2D eigenvalue weighted by Crippen LogP contribution is -2.24. The molecule has 0 saturated carbocycles. The van der Waals surface area contributed by atoms with Gasteiger partial charge in [0.15, 0.2) is 0 Å². The summed E-state index contributed by atoms with van der Waals surface area (Å²) >= 11 is 0. The third-order valence-corrected chi connectivity index (χ3v) is 2.84. The molecule has 0 bridgehead atoms. The Morgan fingerprint density at radius 2 is 2.26 bits per heavy atom. The van der Waals surface area contributed by atoms with Crippen molar-refractivity contribution < 1.29 is 4.74 Å². The molecule has 0 aliphatic rings. The summed E-state index contributed by atoms with van der Waals surface area (Å²) in [4.78, 5) is 2.18. The molecule has 0 amide bonds. The minimum atomic E-state index is 0.705. The molecule has 1 N–H and O–H groups in total. The zero-order valence-electron chi connectivity index (χ0n) is 12.2. The van der Waals surface area contributed by atoms with E-state index in [4.69, 9.17) is 4.74 Å². The van der Waals surface area contributed by atoms with Gasteiger partial charge in [-0.15, -0.1) is 6.58 Å². The molecule has 0 heterocycles. The van der Waals surface area contributed by atoms with Crippen molar-refractivity contribution >= 4 is 0 Å². The molecule has 19 heavy (non-hydrogen) atoms. The second kappa shape index (κ2) is 9.59. The molecule has 0 unspecified atom stereocenters. The first kappa shape index (κ1) is 15.7. The monoisotopic (exact) mass is 262 g/mol. The van der Waals surface area contributed by atoms with Crippen LogP contribution < -0.4 is 10.1 Å². The fraction of sp³-hybridized carbons (Fsp3) is 0.500. The second-order valence-corrected chi connectivity index (χ2v) is 4.72. The number of benzene rings is 1. The van der Waals surface area contributed by atoms with Gasteiger partial charge in [0.05, 0.1) is 0 Å². The van der Waals surface area contributed by atoms with Crippen LogP contribution in [0.15, 0.2) is 36.9 Å². The number of likely N-dealkylation sites (N-methyl/N-ethyl adjacent to an activating group) is 1. The lowest BCUT2D eigenvalue weighted by atomic mass is 10.2. The van der Waals surface area contributed by atoms with Crippen molar-refractivity contribution in [3.8, 4) is 5.75 Å².